The molecule has 0 N–H and O–H groups in total. The molecule has 0 aliphatic rings. The third-order valence-electron chi connectivity index (χ3n) is 2.61. The van der Waals surface area contributed by atoms with Crippen molar-refractivity contribution in [1.82, 2.24) is 0 Å². The lowest BCUT2D eigenvalue weighted by Gasteiger charge is -2.00. The van der Waals surface area contributed by atoms with Gasteiger partial charge in [0, 0.05) is 0 Å². The minimum absolute atomic E-state index is 1.31. The zero-order valence-corrected chi connectivity index (χ0v) is 8.89. The number of hydrogen-bond acceptors (Lipinski definition) is 1. The molecule has 0 radical (unpaired) electrons. The average Bonchev–Trinajstić information content (AvgIpc) is 2.38. The van der Waals surface area contributed by atoms with Crippen molar-refractivity contribution in [2.45, 2.75) is 0 Å². The molecule has 0 unspecified atom stereocenters. The summed E-state index contributed by atoms with van der Waals surface area (Å²) < 4.78 is 0. The molecule has 78 valence electrons. The SMILES string of the molecule is C=O.c1ccc2cc3ccccc3cc2c1. The Bertz CT molecular complexity index is 509. The second-order valence-electron chi connectivity index (χ2n) is 3.55. The Hall–Kier alpha value is -2.15. The third-order valence-corrected chi connectivity index (χ3v) is 2.61. The molecule has 0 heterocycles. The summed E-state index contributed by atoms with van der Waals surface area (Å²) in [6.45, 7) is 2.00. The maximum Gasteiger partial charge on any atom is 0.106 e. The van der Waals surface area contributed by atoms with Crippen LogP contribution in [0, 0.1) is 0 Å². The van der Waals surface area contributed by atoms with E-state index in [0.29, 0.717) is 0 Å². The maximum absolute atomic E-state index is 8.00. The van der Waals surface area contributed by atoms with Crippen LogP contribution in [0.2, 0.25) is 0 Å². The van der Waals surface area contributed by atoms with Gasteiger partial charge in [-0.2, -0.15) is 0 Å². The first kappa shape index (κ1) is 10.4. The van der Waals surface area contributed by atoms with E-state index in [2.05, 4.69) is 60.7 Å². The number of benzene rings is 3. The van der Waals surface area contributed by atoms with Crippen LogP contribution in [0.15, 0.2) is 60.7 Å². The van der Waals surface area contributed by atoms with Crippen LogP contribution >= 0.6 is 0 Å². The zero-order valence-electron chi connectivity index (χ0n) is 8.89. The topological polar surface area (TPSA) is 17.1 Å². The van der Waals surface area contributed by atoms with Crippen LogP contribution in [-0.2, 0) is 4.79 Å². The van der Waals surface area contributed by atoms with Crippen LogP contribution in [0.3, 0.4) is 0 Å². The first-order chi connectivity index (χ1) is 7.93. The molecule has 0 aliphatic heterocycles. The number of fused-ring (bicyclic) bond motifs is 2. The molecule has 0 aliphatic carbocycles. The van der Waals surface area contributed by atoms with Crippen LogP contribution in [0.25, 0.3) is 21.5 Å². The van der Waals surface area contributed by atoms with E-state index in [-0.39, 0.29) is 0 Å². The smallest absolute Gasteiger partial charge is 0.106 e. The first-order valence-electron chi connectivity index (χ1n) is 5.10. The third kappa shape index (κ3) is 1.80. The summed E-state index contributed by atoms with van der Waals surface area (Å²) in [6.07, 6.45) is 0. The van der Waals surface area contributed by atoms with Gasteiger partial charge in [0.1, 0.15) is 6.79 Å². The molecule has 3 aromatic carbocycles. The van der Waals surface area contributed by atoms with Gasteiger partial charge in [-0.3, -0.25) is 0 Å². The molecule has 3 rings (SSSR count). The molecule has 16 heavy (non-hydrogen) atoms. The highest BCUT2D eigenvalue weighted by atomic mass is 16.1. The summed E-state index contributed by atoms with van der Waals surface area (Å²) in [5, 5.41) is 5.25. The minimum Gasteiger partial charge on any atom is -0.307 e. The second-order valence-corrected chi connectivity index (χ2v) is 3.55. The molecule has 0 amide bonds. The largest absolute Gasteiger partial charge is 0.307 e. The van der Waals surface area contributed by atoms with E-state index in [4.69, 9.17) is 4.79 Å². The number of rotatable bonds is 0. The van der Waals surface area contributed by atoms with Crippen LogP contribution in [-0.4, -0.2) is 6.79 Å². The van der Waals surface area contributed by atoms with Gasteiger partial charge in [-0.05, 0) is 33.7 Å². The predicted octanol–water partition coefficient (Wildman–Crippen LogP) is 3.81. The molecule has 0 saturated carbocycles. The fourth-order valence-electron chi connectivity index (χ4n) is 1.88. The van der Waals surface area contributed by atoms with Crippen molar-refractivity contribution in [3.05, 3.63) is 60.7 Å². The van der Waals surface area contributed by atoms with E-state index in [1.54, 1.807) is 0 Å². The number of carbonyl (C=O) groups excluding carboxylic acids is 1. The molecule has 0 spiro atoms. The Kier molecular flexibility index (Phi) is 2.97. The van der Waals surface area contributed by atoms with Crippen LogP contribution < -0.4 is 0 Å². The normalized spacial score (nSPS) is 9.75. The van der Waals surface area contributed by atoms with Crippen molar-refractivity contribution in [2.75, 3.05) is 0 Å². The molecule has 3 aromatic rings. The number of hydrogen-bond donors (Lipinski definition) is 0. The molecule has 0 saturated heterocycles. The van der Waals surface area contributed by atoms with Gasteiger partial charge in [0.15, 0.2) is 0 Å². The van der Waals surface area contributed by atoms with Gasteiger partial charge in [0.2, 0.25) is 0 Å². The van der Waals surface area contributed by atoms with Gasteiger partial charge >= 0.3 is 0 Å². The van der Waals surface area contributed by atoms with Crippen molar-refractivity contribution >= 4 is 28.3 Å². The highest BCUT2D eigenvalue weighted by Gasteiger charge is 1.95. The molecule has 1 heteroatoms. The molecule has 0 bridgehead atoms. The lowest BCUT2D eigenvalue weighted by molar-refractivity contribution is -0.0979. The van der Waals surface area contributed by atoms with Gasteiger partial charge < -0.3 is 4.79 Å². The van der Waals surface area contributed by atoms with E-state index in [1.807, 2.05) is 6.79 Å². The standard InChI is InChI=1S/C14H10.CH2O/c1-2-6-12-10-14-8-4-3-7-13(14)9-11(12)5-1;1-2/h1-10H;1H2. The lowest BCUT2D eigenvalue weighted by atomic mass is 10.0. The quantitative estimate of drug-likeness (QED) is 0.513. The minimum atomic E-state index is 1.31. The van der Waals surface area contributed by atoms with Gasteiger partial charge in [-0.25, -0.2) is 0 Å². The van der Waals surface area contributed by atoms with E-state index in [1.165, 1.54) is 21.5 Å². The van der Waals surface area contributed by atoms with Gasteiger partial charge in [-0.15, -0.1) is 0 Å². The first-order valence-corrected chi connectivity index (χ1v) is 5.10. The van der Waals surface area contributed by atoms with Crippen molar-refractivity contribution in [2.24, 2.45) is 0 Å². The highest BCUT2D eigenvalue weighted by Crippen LogP contribution is 2.21. The van der Waals surface area contributed by atoms with Gasteiger partial charge in [-0.1, -0.05) is 48.5 Å². The highest BCUT2D eigenvalue weighted by molar-refractivity contribution is 5.98. The average molecular weight is 208 g/mol. The summed E-state index contributed by atoms with van der Waals surface area (Å²) >= 11 is 0. The predicted molar refractivity (Wildman–Crippen MR) is 68.6 cm³/mol. The Morgan fingerprint density at radius 3 is 1.06 bits per heavy atom. The maximum atomic E-state index is 8.00. The Morgan fingerprint density at radius 1 is 0.562 bits per heavy atom. The van der Waals surface area contributed by atoms with E-state index >= 15 is 0 Å². The second kappa shape index (κ2) is 4.58. The van der Waals surface area contributed by atoms with Crippen molar-refractivity contribution in [1.29, 1.82) is 0 Å². The zero-order chi connectivity index (χ0) is 11.4. The lowest BCUT2D eigenvalue weighted by Crippen LogP contribution is -1.74. The van der Waals surface area contributed by atoms with E-state index in [0.717, 1.165) is 0 Å². The molecule has 0 aromatic heterocycles. The van der Waals surface area contributed by atoms with Crippen LogP contribution in [0.1, 0.15) is 0 Å². The summed E-state index contributed by atoms with van der Waals surface area (Å²) in [5.41, 5.74) is 0. The molecule has 0 fully saturated rings. The Morgan fingerprint density at radius 2 is 0.812 bits per heavy atom. The fraction of sp³-hybridized carbons (Fsp3) is 0. The van der Waals surface area contributed by atoms with Crippen molar-refractivity contribution < 1.29 is 4.79 Å². The summed E-state index contributed by atoms with van der Waals surface area (Å²) in [5.74, 6) is 0. The summed E-state index contributed by atoms with van der Waals surface area (Å²) in [7, 11) is 0. The van der Waals surface area contributed by atoms with Crippen LogP contribution in [0.4, 0.5) is 0 Å². The summed E-state index contributed by atoms with van der Waals surface area (Å²) in [6, 6.07) is 21.4. The van der Waals surface area contributed by atoms with Crippen LogP contribution in [0.5, 0.6) is 0 Å². The molecule has 1 nitrogen and oxygen atoms in total. The van der Waals surface area contributed by atoms with Gasteiger partial charge in [0.05, 0.1) is 0 Å². The van der Waals surface area contributed by atoms with E-state index in [9.17, 15) is 0 Å². The van der Waals surface area contributed by atoms with Crippen molar-refractivity contribution in [3.8, 4) is 0 Å². The molecular weight excluding hydrogens is 196 g/mol. The molecular formula is C15H12O. The number of carbonyl (C=O) groups is 1. The summed E-state index contributed by atoms with van der Waals surface area (Å²) in [4.78, 5) is 8.00. The Balaban J connectivity index is 0.000000457. The monoisotopic (exact) mass is 208 g/mol. The molecule has 0 atom stereocenters. The van der Waals surface area contributed by atoms with Crippen molar-refractivity contribution in [3.63, 3.8) is 0 Å². The fourth-order valence-corrected chi connectivity index (χ4v) is 1.88. The van der Waals surface area contributed by atoms with Gasteiger partial charge in [0.25, 0.3) is 0 Å². The Labute approximate surface area is 94.3 Å². The van der Waals surface area contributed by atoms with E-state index < -0.39 is 0 Å².